The lowest BCUT2D eigenvalue weighted by Gasteiger charge is -2.11. The molecule has 2 amide bonds. The lowest BCUT2D eigenvalue weighted by Crippen LogP contribution is -2.29. The van der Waals surface area contributed by atoms with Crippen molar-refractivity contribution in [1.29, 1.82) is 0 Å². The molecule has 0 aliphatic rings. The number of nitrogens with one attached hydrogen (secondary N) is 2. The molecular formula is C19H18Cl2N2O4. The van der Waals surface area contributed by atoms with Crippen LogP contribution in [0.4, 0.5) is 11.4 Å². The van der Waals surface area contributed by atoms with Crippen molar-refractivity contribution < 1.29 is 19.1 Å². The summed E-state index contributed by atoms with van der Waals surface area (Å²) in [4.78, 5) is 36.4. The van der Waals surface area contributed by atoms with Gasteiger partial charge in [0.1, 0.15) is 0 Å². The van der Waals surface area contributed by atoms with E-state index in [1.165, 1.54) is 30.3 Å². The second-order valence-corrected chi connectivity index (χ2v) is 6.39. The van der Waals surface area contributed by atoms with Crippen molar-refractivity contribution in [3.8, 4) is 0 Å². The zero-order valence-corrected chi connectivity index (χ0v) is 16.1. The molecule has 8 heteroatoms. The Morgan fingerprint density at radius 1 is 0.963 bits per heavy atom. The van der Waals surface area contributed by atoms with Gasteiger partial charge in [-0.2, -0.15) is 0 Å². The number of anilines is 2. The summed E-state index contributed by atoms with van der Waals surface area (Å²) in [5.74, 6) is -2.42. The third-order valence-corrected chi connectivity index (χ3v) is 4.25. The van der Waals surface area contributed by atoms with Crippen molar-refractivity contribution in [1.82, 2.24) is 0 Å². The fourth-order valence-electron chi connectivity index (χ4n) is 2.10. The molecule has 2 aromatic carbocycles. The van der Waals surface area contributed by atoms with E-state index in [2.05, 4.69) is 10.6 Å². The Hall–Kier alpha value is -2.57. The molecule has 0 unspecified atom stereocenters. The van der Waals surface area contributed by atoms with Gasteiger partial charge < -0.3 is 15.4 Å². The SMILES string of the molecule is CCCCOC(=O)c1ccccc1NC(=O)C(=O)Nc1ccc(Cl)c(Cl)c1. The summed E-state index contributed by atoms with van der Waals surface area (Å²) < 4.78 is 5.15. The first-order valence-electron chi connectivity index (χ1n) is 8.26. The Balaban J connectivity index is 2.05. The number of hydrogen-bond donors (Lipinski definition) is 2. The van der Waals surface area contributed by atoms with Crippen molar-refractivity contribution in [2.45, 2.75) is 19.8 Å². The average molecular weight is 409 g/mol. The van der Waals surface area contributed by atoms with Crippen LogP contribution in [-0.2, 0) is 14.3 Å². The molecular weight excluding hydrogens is 391 g/mol. The molecule has 0 atom stereocenters. The van der Waals surface area contributed by atoms with Crippen LogP contribution in [0.25, 0.3) is 0 Å². The number of unbranched alkanes of at least 4 members (excludes halogenated alkanes) is 1. The van der Waals surface area contributed by atoms with Gasteiger partial charge in [0.25, 0.3) is 0 Å². The lowest BCUT2D eigenvalue weighted by atomic mass is 10.1. The number of benzene rings is 2. The molecule has 0 spiro atoms. The van der Waals surface area contributed by atoms with E-state index in [0.717, 1.165) is 12.8 Å². The van der Waals surface area contributed by atoms with Gasteiger partial charge in [-0.3, -0.25) is 9.59 Å². The van der Waals surface area contributed by atoms with Gasteiger partial charge in [-0.1, -0.05) is 48.7 Å². The summed E-state index contributed by atoms with van der Waals surface area (Å²) in [7, 11) is 0. The van der Waals surface area contributed by atoms with Gasteiger partial charge >= 0.3 is 17.8 Å². The Morgan fingerprint density at radius 3 is 2.37 bits per heavy atom. The molecule has 0 bridgehead atoms. The van der Waals surface area contributed by atoms with Gasteiger partial charge in [-0.25, -0.2) is 4.79 Å². The van der Waals surface area contributed by atoms with E-state index in [4.69, 9.17) is 27.9 Å². The molecule has 0 saturated heterocycles. The highest BCUT2D eigenvalue weighted by Crippen LogP contribution is 2.25. The predicted molar refractivity (Wildman–Crippen MR) is 105 cm³/mol. The number of amides is 2. The van der Waals surface area contributed by atoms with Crippen molar-refractivity contribution in [3.05, 3.63) is 58.1 Å². The minimum absolute atomic E-state index is 0.171. The van der Waals surface area contributed by atoms with Gasteiger partial charge in [-0.05, 0) is 36.8 Å². The second kappa shape index (κ2) is 9.94. The third-order valence-electron chi connectivity index (χ3n) is 3.51. The largest absolute Gasteiger partial charge is 0.462 e. The Morgan fingerprint density at radius 2 is 1.67 bits per heavy atom. The maximum Gasteiger partial charge on any atom is 0.340 e. The van der Waals surface area contributed by atoms with Gasteiger partial charge in [0.2, 0.25) is 0 Å². The van der Waals surface area contributed by atoms with Crippen LogP contribution in [-0.4, -0.2) is 24.4 Å². The molecule has 0 heterocycles. The third kappa shape index (κ3) is 5.98. The van der Waals surface area contributed by atoms with Crippen molar-refractivity contribution in [2.75, 3.05) is 17.2 Å². The molecule has 2 N–H and O–H groups in total. The maximum atomic E-state index is 12.2. The van der Waals surface area contributed by atoms with E-state index < -0.39 is 17.8 Å². The Kier molecular flexibility index (Phi) is 7.64. The molecule has 2 rings (SSSR count). The highest BCUT2D eigenvalue weighted by Gasteiger charge is 2.19. The lowest BCUT2D eigenvalue weighted by molar-refractivity contribution is -0.133. The number of carbonyl (C=O) groups excluding carboxylic acids is 3. The van der Waals surface area contributed by atoms with Crippen LogP contribution in [0, 0.1) is 0 Å². The summed E-state index contributed by atoms with van der Waals surface area (Å²) in [6.45, 7) is 2.27. The van der Waals surface area contributed by atoms with E-state index >= 15 is 0 Å². The predicted octanol–water partition coefficient (Wildman–Crippen LogP) is 4.53. The molecule has 0 aromatic heterocycles. The number of halogens is 2. The Labute approximate surface area is 166 Å². The number of rotatable bonds is 6. The molecule has 0 radical (unpaired) electrons. The monoisotopic (exact) mass is 408 g/mol. The number of ether oxygens (including phenoxy) is 1. The quantitative estimate of drug-likeness (QED) is 0.417. The summed E-state index contributed by atoms with van der Waals surface area (Å²) in [6.07, 6.45) is 1.63. The molecule has 0 fully saturated rings. The average Bonchev–Trinajstić information content (AvgIpc) is 2.65. The van der Waals surface area contributed by atoms with Crippen LogP contribution >= 0.6 is 23.2 Å². The van der Waals surface area contributed by atoms with Crippen LogP contribution in [0.5, 0.6) is 0 Å². The first-order chi connectivity index (χ1) is 12.9. The highest BCUT2D eigenvalue weighted by molar-refractivity contribution is 6.44. The van der Waals surface area contributed by atoms with Crippen molar-refractivity contribution >= 4 is 52.4 Å². The van der Waals surface area contributed by atoms with Gasteiger partial charge in [0.05, 0.1) is 27.9 Å². The standard InChI is InChI=1S/C19H18Cl2N2O4/c1-2-3-10-27-19(26)13-6-4-5-7-16(13)23-18(25)17(24)22-12-8-9-14(20)15(21)11-12/h4-9,11H,2-3,10H2,1H3,(H,22,24)(H,23,25). The van der Waals surface area contributed by atoms with E-state index in [-0.39, 0.29) is 22.9 Å². The minimum Gasteiger partial charge on any atom is -0.462 e. The molecule has 27 heavy (non-hydrogen) atoms. The van der Waals surface area contributed by atoms with Gasteiger partial charge in [0.15, 0.2) is 0 Å². The molecule has 2 aromatic rings. The van der Waals surface area contributed by atoms with Crippen LogP contribution < -0.4 is 10.6 Å². The fourth-order valence-corrected chi connectivity index (χ4v) is 2.40. The van der Waals surface area contributed by atoms with Crippen LogP contribution in [0.3, 0.4) is 0 Å². The van der Waals surface area contributed by atoms with Crippen LogP contribution in [0.2, 0.25) is 10.0 Å². The van der Waals surface area contributed by atoms with E-state index in [1.54, 1.807) is 12.1 Å². The minimum atomic E-state index is -0.935. The van der Waals surface area contributed by atoms with Crippen LogP contribution in [0.15, 0.2) is 42.5 Å². The Bertz CT molecular complexity index is 855. The zero-order valence-electron chi connectivity index (χ0n) is 14.6. The number of esters is 1. The van der Waals surface area contributed by atoms with E-state index in [9.17, 15) is 14.4 Å². The number of para-hydroxylation sites is 1. The molecule has 0 saturated carbocycles. The summed E-state index contributed by atoms with van der Waals surface area (Å²) >= 11 is 11.7. The van der Waals surface area contributed by atoms with Gasteiger partial charge in [-0.15, -0.1) is 0 Å². The fraction of sp³-hybridized carbons (Fsp3) is 0.211. The normalized spacial score (nSPS) is 10.2. The molecule has 142 valence electrons. The second-order valence-electron chi connectivity index (χ2n) is 5.57. The summed E-state index contributed by atoms with van der Waals surface area (Å²) in [6, 6.07) is 10.7. The van der Waals surface area contributed by atoms with Crippen molar-refractivity contribution in [3.63, 3.8) is 0 Å². The number of carbonyl (C=O) groups is 3. The topological polar surface area (TPSA) is 84.5 Å². The van der Waals surface area contributed by atoms with Crippen LogP contribution in [0.1, 0.15) is 30.1 Å². The van der Waals surface area contributed by atoms with E-state index in [1.807, 2.05) is 6.92 Å². The first kappa shape index (κ1) is 20.7. The maximum absolute atomic E-state index is 12.2. The molecule has 0 aliphatic carbocycles. The molecule has 0 aliphatic heterocycles. The van der Waals surface area contributed by atoms with Crippen molar-refractivity contribution in [2.24, 2.45) is 0 Å². The number of hydrogen-bond acceptors (Lipinski definition) is 4. The summed E-state index contributed by atoms with van der Waals surface area (Å²) in [5.41, 5.74) is 0.675. The summed E-state index contributed by atoms with van der Waals surface area (Å²) in [5, 5.41) is 5.40. The first-order valence-corrected chi connectivity index (χ1v) is 9.01. The molecule has 6 nitrogen and oxygen atoms in total. The van der Waals surface area contributed by atoms with Gasteiger partial charge in [0, 0.05) is 5.69 Å². The van der Waals surface area contributed by atoms with E-state index in [0.29, 0.717) is 10.7 Å². The highest BCUT2D eigenvalue weighted by atomic mass is 35.5. The smallest absolute Gasteiger partial charge is 0.340 e. The zero-order chi connectivity index (χ0) is 19.8.